The summed E-state index contributed by atoms with van der Waals surface area (Å²) < 4.78 is 5.52. The molecule has 3 heteroatoms. The average Bonchev–Trinajstić information content (AvgIpc) is 1.87. The molecule has 0 aromatic carbocycles. The Morgan fingerprint density at radius 3 is 2.27 bits per heavy atom. The van der Waals surface area contributed by atoms with Crippen LogP contribution >= 0.6 is 0 Å². The standard InChI is InChI=1S/C8H18NO2/c1-5-9(3,4)7-8(10)11-6-2/h5-7H2,1-4H3/q+1. The summed E-state index contributed by atoms with van der Waals surface area (Å²) in [6, 6.07) is 0. The highest BCUT2D eigenvalue weighted by atomic mass is 16.5. The number of rotatable bonds is 4. The second kappa shape index (κ2) is 4.34. The third kappa shape index (κ3) is 4.79. The van der Waals surface area contributed by atoms with E-state index in [-0.39, 0.29) is 5.97 Å². The molecular weight excluding hydrogens is 142 g/mol. The first-order valence-electron chi connectivity index (χ1n) is 3.99. The van der Waals surface area contributed by atoms with Gasteiger partial charge in [0.05, 0.1) is 27.2 Å². The summed E-state index contributed by atoms with van der Waals surface area (Å²) in [5, 5.41) is 0. The van der Waals surface area contributed by atoms with Crippen molar-refractivity contribution in [1.82, 2.24) is 0 Å². The fraction of sp³-hybridized carbons (Fsp3) is 0.875. The second-order valence-electron chi connectivity index (χ2n) is 3.22. The molecule has 0 bridgehead atoms. The van der Waals surface area contributed by atoms with Crippen LogP contribution in [0, 0.1) is 0 Å². The van der Waals surface area contributed by atoms with E-state index in [1.807, 2.05) is 21.0 Å². The fourth-order valence-corrected chi connectivity index (χ4v) is 0.668. The van der Waals surface area contributed by atoms with Gasteiger partial charge in [0.25, 0.3) is 0 Å². The van der Waals surface area contributed by atoms with Gasteiger partial charge in [0.1, 0.15) is 0 Å². The van der Waals surface area contributed by atoms with Crippen LogP contribution in [0.1, 0.15) is 13.8 Å². The smallest absolute Gasteiger partial charge is 0.361 e. The molecule has 0 atom stereocenters. The number of hydrogen-bond donors (Lipinski definition) is 0. The van der Waals surface area contributed by atoms with E-state index in [9.17, 15) is 4.79 Å². The van der Waals surface area contributed by atoms with Gasteiger partial charge in [0, 0.05) is 0 Å². The van der Waals surface area contributed by atoms with Crippen LogP contribution in [-0.4, -0.2) is 44.2 Å². The zero-order valence-electron chi connectivity index (χ0n) is 7.89. The average molecular weight is 160 g/mol. The maximum Gasteiger partial charge on any atom is 0.361 e. The van der Waals surface area contributed by atoms with Gasteiger partial charge in [0.15, 0.2) is 6.54 Å². The number of carbonyl (C=O) groups is 1. The summed E-state index contributed by atoms with van der Waals surface area (Å²) in [5.41, 5.74) is 0. The lowest BCUT2D eigenvalue weighted by atomic mass is 10.4. The van der Waals surface area contributed by atoms with Gasteiger partial charge in [-0.3, -0.25) is 0 Å². The minimum absolute atomic E-state index is 0.112. The molecule has 0 fully saturated rings. The van der Waals surface area contributed by atoms with E-state index in [0.29, 0.717) is 17.6 Å². The third-order valence-electron chi connectivity index (χ3n) is 1.72. The summed E-state index contributed by atoms with van der Waals surface area (Å²) in [5.74, 6) is -0.112. The molecule has 0 radical (unpaired) electrons. The minimum atomic E-state index is -0.112. The molecule has 3 nitrogen and oxygen atoms in total. The van der Waals surface area contributed by atoms with Crippen molar-refractivity contribution >= 4 is 5.97 Å². The van der Waals surface area contributed by atoms with Gasteiger partial charge in [-0.05, 0) is 13.8 Å². The topological polar surface area (TPSA) is 26.3 Å². The van der Waals surface area contributed by atoms with Crippen LogP contribution in [0.15, 0.2) is 0 Å². The van der Waals surface area contributed by atoms with Crippen LogP contribution in [0.4, 0.5) is 0 Å². The van der Waals surface area contributed by atoms with Crippen LogP contribution < -0.4 is 0 Å². The van der Waals surface area contributed by atoms with E-state index in [0.717, 1.165) is 6.54 Å². The quantitative estimate of drug-likeness (QED) is 0.446. The normalized spacial score (nSPS) is 11.3. The fourth-order valence-electron chi connectivity index (χ4n) is 0.668. The Hall–Kier alpha value is -0.570. The van der Waals surface area contributed by atoms with E-state index < -0.39 is 0 Å². The number of nitrogens with zero attached hydrogens (tertiary/aromatic N) is 1. The van der Waals surface area contributed by atoms with Crippen molar-refractivity contribution in [3.63, 3.8) is 0 Å². The number of likely N-dealkylation sites (N-methyl/N-ethyl adjacent to an activating group) is 1. The maximum absolute atomic E-state index is 11.0. The van der Waals surface area contributed by atoms with E-state index >= 15 is 0 Å². The molecule has 11 heavy (non-hydrogen) atoms. The lowest BCUT2D eigenvalue weighted by Gasteiger charge is -2.26. The van der Waals surface area contributed by atoms with E-state index in [2.05, 4.69) is 6.92 Å². The van der Waals surface area contributed by atoms with Gasteiger partial charge in [-0.1, -0.05) is 0 Å². The number of ether oxygens (including phenoxy) is 1. The molecule has 0 saturated carbocycles. The largest absolute Gasteiger partial charge is 0.462 e. The monoisotopic (exact) mass is 160 g/mol. The van der Waals surface area contributed by atoms with Gasteiger partial charge in [-0.15, -0.1) is 0 Å². The van der Waals surface area contributed by atoms with Gasteiger partial charge >= 0.3 is 5.97 Å². The molecule has 0 heterocycles. The number of carbonyl (C=O) groups excluding carboxylic acids is 1. The molecule has 0 aliphatic rings. The highest BCUT2D eigenvalue weighted by Gasteiger charge is 2.17. The molecule has 0 aromatic heterocycles. The first-order chi connectivity index (χ1) is 5.02. The Morgan fingerprint density at radius 2 is 1.91 bits per heavy atom. The van der Waals surface area contributed by atoms with Crippen molar-refractivity contribution in [3.8, 4) is 0 Å². The molecule has 0 aromatic rings. The zero-order valence-corrected chi connectivity index (χ0v) is 7.89. The first kappa shape index (κ1) is 10.4. The van der Waals surface area contributed by atoms with E-state index in [1.54, 1.807) is 0 Å². The number of quaternary nitrogens is 1. The van der Waals surface area contributed by atoms with Crippen LogP contribution in [0.25, 0.3) is 0 Å². The predicted octanol–water partition coefficient (Wildman–Crippen LogP) is 0.646. The molecule has 0 spiro atoms. The molecular formula is C8H18NO2+. The second-order valence-corrected chi connectivity index (χ2v) is 3.22. The summed E-state index contributed by atoms with van der Waals surface area (Å²) >= 11 is 0. The lowest BCUT2D eigenvalue weighted by Crippen LogP contribution is -2.44. The minimum Gasteiger partial charge on any atom is -0.462 e. The first-order valence-corrected chi connectivity index (χ1v) is 3.99. The van der Waals surface area contributed by atoms with Gasteiger partial charge in [-0.2, -0.15) is 0 Å². The van der Waals surface area contributed by atoms with Crippen molar-refractivity contribution in [2.24, 2.45) is 0 Å². The molecule has 0 saturated heterocycles. The molecule has 0 aliphatic carbocycles. The molecule has 66 valence electrons. The Balaban J connectivity index is 3.74. The van der Waals surface area contributed by atoms with Crippen molar-refractivity contribution in [1.29, 1.82) is 0 Å². The van der Waals surface area contributed by atoms with Crippen molar-refractivity contribution in [2.75, 3.05) is 33.8 Å². The van der Waals surface area contributed by atoms with E-state index in [1.165, 1.54) is 0 Å². The summed E-state index contributed by atoms with van der Waals surface area (Å²) in [7, 11) is 4.02. The number of hydrogen-bond acceptors (Lipinski definition) is 2. The molecule has 0 amide bonds. The highest BCUT2D eigenvalue weighted by Crippen LogP contribution is 1.95. The van der Waals surface area contributed by atoms with Crippen molar-refractivity contribution in [2.45, 2.75) is 13.8 Å². The Morgan fingerprint density at radius 1 is 1.36 bits per heavy atom. The Kier molecular flexibility index (Phi) is 4.11. The maximum atomic E-state index is 11.0. The van der Waals surface area contributed by atoms with Crippen molar-refractivity contribution in [3.05, 3.63) is 0 Å². The summed E-state index contributed by atoms with van der Waals surface area (Å²) in [6.45, 7) is 5.76. The molecule has 0 unspecified atom stereocenters. The van der Waals surface area contributed by atoms with Crippen LogP contribution in [0.3, 0.4) is 0 Å². The van der Waals surface area contributed by atoms with E-state index in [4.69, 9.17) is 4.74 Å². The predicted molar refractivity (Wildman–Crippen MR) is 44.1 cm³/mol. The van der Waals surface area contributed by atoms with Crippen LogP contribution in [-0.2, 0) is 9.53 Å². The SMILES string of the molecule is CCOC(=O)C[N+](C)(C)CC. The van der Waals surface area contributed by atoms with Gasteiger partial charge in [-0.25, -0.2) is 4.79 Å². The van der Waals surface area contributed by atoms with Gasteiger partial charge in [0.2, 0.25) is 0 Å². The highest BCUT2D eigenvalue weighted by molar-refractivity contribution is 5.70. The van der Waals surface area contributed by atoms with Crippen LogP contribution in [0.5, 0.6) is 0 Å². The number of esters is 1. The molecule has 0 rings (SSSR count). The summed E-state index contributed by atoms with van der Waals surface area (Å²) in [6.07, 6.45) is 0. The lowest BCUT2D eigenvalue weighted by molar-refractivity contribution is -0.881. The van der Waals surface area contributed by atoms with Gasteiger partial charge < -0.3 is 9.22 Å². The van der Waals surface area contributed by atoms with Crippen LogP contribution in [0.2, 0.25) is 0 Å². The Bertz CT molecular complexity index is 132. The zero-order chi connectivity index (χ0) is 8.91. The van der Waals surface area contributed by atoms with Crippen molar-refractivity contribution < 1.29 is 14.0 Å². The summed E-state index contributed by atoms with van der Waals surface area (Å²) in [4.78, 5) is 11.0. The third-order valence-corrected chi connectivity index (χ3v) is 1.72. The Labute approximate surface area is 68.5 Å². The molecule has 0 aliphatic heterocycles. The molecule has 0 N–H and O–H groups in total.